The second-order valence-corrected chi connectivity index (χ2v) is 6.38. The highest BCUT2D eigenvalue weighted by Crippen LogP contribution is 2.33. The molecule has 2 N–H and O–H groups in total. The monoisotopic (exact) mass is 365 g/mol. The Balaban J connectivity index is 1.91. The predicted molar refractivity (Wildman–Crippen MR) is 95.1 cm³/mol. The molecular weight excluding hydrogens is 349 g/mol. The van der Waals surface area contributed by atoms with E-state index in [1.54, 1.807) is 18.2 Å². The lowest BCUT2D eigenvalue weighted by molar-refractivity contribution is 0.133. The van der Waals surface area contributed by atoms with Gasteiger partial charge >= 0.3 is 0 Å². The molecule has 126 valence electrons. The first-order chi connectivity index (χ1) is 11.5. The third kappa shape index (κ3) is 3.23. The lowest BCUT2D eigenvalue weighted by atomic mass is 10.0. The van der Waals surface area contributed by atoms with Gasteiger partial charge in [-0.1, -0.05) is 29.3 Å². The van der Waals surface area contributed by atoms with Crippen LogP contribution in [0.4, 0.5) is 0 Å². The average molecular weight is 366 g/mol. The first kappa shape index (κ1) is 17.1. The molecule has 0 spiro atoms. The summed E-state index contributed by atoms with van der Waals surface area (Å²) in [5.41, 5.74) is 4.64. The maximum atomic E-state index is 9.22. The Morgan fingerprint density at radius 2 is 1.92 bits per heavy atom. The van der Waals surface area contributed by atoms with Crippen LogP contribution >= 0.6 is 23.2 Å². The topological polar surface area (TPSA) is 54.6 Å². The van der Waals surface area contributed by atoms with Crippen LogP contribution in [0, 0.1) is 6.92 Å². The van der Waals surface area contributed by atoms with Crippen LogP contribution < -0.4 is 10.2 Å². The zero-order valence-electron chi connectivity index (χ0n) is 13.3. The lowest BCUT2D eigenvalue weighted by Gasteiger charge is -2.11. The highest BCUT2D eigenvalue weighted by molar-refractivity contribution is 6.35. The number of hydrogen-bond donors (Lipinski definition) is 2. The van der Waals surface area contributed by atoms with Gasteiger partial charge in [-0.2, -0.15) is 5.48 Å². The molecule has 24 heavy (non-hydrogen) atoms. The molecular formula is C18H17Cl2NO3. The molecule has 0 saturated carbocycles. The zero-order valence-corrected chi connectivity index (χ0v) is 14.8. The van der Waals surface area contributed by atoms with Crippen molar-refractivity contribution >= 4 is 34.2 Å². The number of furan rings is 1. The molecule has 1 atom stereocenters. The third-order valence-corrected chi connectivity index (χ3v) is 4.66. The average Bonchev–Trinajstić information content (AvgIpc) is 2.89. The van der Waals surface area contributed by atoms with E-state index in [9.17, 15) is 5.21 Å². The Labute approximate surface area is 149 Å². The standard InChI is InChI=1S/C18H17Cl2NO3/c1-10(21-22)18-11(2)24-17-7-6-12(8-13(17)18)23-9-14-15(19)4-3-5-16(14)20/h3-8,10,21-22H,9H2,1-2H3. The number of aryl methyl sites for hydroxylation is 1. The van der Waals surface area contributed by atoms with Gasteiger partial charge in [0.2, 0.25) is 0 Å². The van der Waals surface area contributed by atoms with Crippen molar-refractivity contribution in [2.75, 3.05) is 0 Å². The highest BCUT2D eigenvalue weighted by atomic mass is 35.5. The van der Waals surface area contributed by atoms with Crippen LogP contribution in [0.3, 0.4) is 0 Å². The smallest absolute Gasteiger partial charge is 0.134 e. The molecule has 0 fully saturated rings. The van der Waals surface area contributed by atoms with Crippen molar-refractivity contribution in [3.8, 4) is 5.75 Å². The van der Waals surface area contributed by atoms with Gasteiger partial charge < -0.3 is 14.4 Å². The van der Waals surface area contributed by atoms with Crippen LogP contribution in [0.25, 0.3) is 11.0 Å². The molecule has 0 amide bonds. The van der Waals surface area contributed by atoms with E-state index >= 15 is 0 Å². The molecule has 0 radical (unpaired) electrons. The Bertz CT molecular complexity index is 856. The van der Waals surface area contributed by atoms with Crippen molar-refractivity contribution in [2.24, 2.45) is 0 Å². The molecule has 3 aromatic rings. The summed E-state index contributed by atoms with van der Waals surface area (Å²) in [5, 5.41) is 11.3. The molecule has 6 heteroatoms. The Morgan fingerprint density at radius 1 is 1.21 bits per heavy atom. The maximum absolute atomic E-state index is 9.22. The number of nitrogens with one attached hydrogen (secondary N) is 1. The number of hydroxylamine groups is 1. The minimum absolute atomic E-state index is 0.250. The minimum Gasteiger partial charge on any atom is -0.489 e. The number of benzene rings is 2. The molecule has 0 saturated heterocycles. The van der Waals surface area contributed by atoms with Crippen LogP contribution in [0.2, 0.25) is 10.0 Å². The number of hydrogen-bond acceptors (Lipinski definition) is 4. The van der Waals surface area contributed by atoms with E-state index in [1.165, 1.54) is 0 Å². The second kappa shape index (κ2) is 7.03. The van der Waals surface area contributed by atoms with Crippen molar-refractivity contribution in [3.05, 3.63) is 63.3 Å². The van der Waals surface area contributed by atoms with E-state index in [0.29, 0.717) is 15.8 Å². The molecule has 2 aromatic carbocycles. The van der Waals surface area contributed by atoms with Gasteiger partial charge in [-0.25, -0.2) is 0 Å². The molecule has 0 aliphatic carbocycles. The van der Waals surface area contributed by atoms with Crippen LogP contribution in [0.1, 0.15) is 29.9 Å². The van der Waals surface area contributed by atoms with E-state index in [2.05, 4.69) is 5.48 Å². The molecule has 1 heterocycles. The minimum atomic E-state index is -0.250. The second-order valence-electron chi connectivity index (χ2n) is 5.57. The van der Waals surface area contributed by atoms with Gasteiger partial charge in [0, 0.05) is 26.6 Å². The SMILES string of the molecule is Cc1oc2ccc(OCc3c(Cl)cccc3Cl)cc2c1C(C)NO. The van der Waals surface area contributed by atoms with Crippen molar-refractivity contribution in [1.29, 1.82) is 0 Å². The Hall–Kier alpha value is -1.72. The number of fused-ring (bicyclic) bond motifs is 1. The van der Waals surface area contributed by atoms with E-state index in [4.69, 9.17) is 32.4 Å². The summed E-state index contributed by atoms with van der Waals surface area (Å²) in [5.74, 6) is 1.43. The quantitative estimate of drug-likeness (QED) is 0.572. The van der Waals surface area contributed by atoms with Gasteiger partial charge in [-0.05, 0) is 44.2 Å². The number of ether oxygens (including phenoxy) is 1. The Kier molecular flexibility index (Phi) is 5.01. The predicted octanol–water partition coefficient (Wildman–Crippen LogP) is 5.67. The first-order valence-corrected chi connectivity index (χ1v) is 8.25. The summed E-state index contributed by atoms with van der Waals surface area (Å²) in [6.07, 6.45) is 0. The summed E-state index contributed by atoms with van der Waals surface area (Å²) in [7, 11) is 0. The molecule has 0 aliphatic rings. The summed E-state index contributed by atoms with van der Waals surface area (Å²) in [4.78, 5) is 0. The van der Waals surface area contributed by atoms with Gasteiger partial charge in [0.1, 0.15) is 23.7 Å². The summed E-state index contributed by atoms with van der Waals surface area (Å²) < 4.78 is 11.6. The molecule has 3 rings (SSSR count). The van der Waals surface area contributed by atoms with Crippen molar-refractivity contribution in [1.82, 2.24) is 5.48 Å². The van der Waals surface area contributed by atoms with Gasteiger partial charge in [0.05, 0.1) is 6.04 Å². The third-order valence-electron chi connectivity index (χ3n) is 3.96. The normalized spacial score (nSPS) is 12.5. The van der Waals surface area contributed by atoms with Gasteiger partial charge in [0.25, 0.3) is 0 Å². The fourth-order valence-corrected chi connectivity index (χ4v) is 3.24. The van der Waals surface area contributed by atoms with Crippen LogP contribution in [-0.4, -0.2) is 5.21 Å². The summed E-state index contributed by atoms with van der Waals surface area (Å²) >= 11 is 12.3. The van der Waals surface area contributed by atoms with Gasteiger partial charge in [-0.3, -0.25) is 0 Å². The fraction of sp³-hybridized carbons (Fsp3) is 0.222. The molecule has 4 nitrogen and oxygen atoms in total. The van der Waals surface area contributed by atoms with E-state index < -0.39 is 0 Å². The van der Waals surface area contributed by atoms with Crippen LogP contribution in [0.5, 0.6) is 5.75 Å². The number of rotatable bonds is 5. The molecule has 1 unspecified atom stereocenters. The van der Waals surface area contributed by atoms with Crippen LogP contribution in [0.15, 0.2) is 40.8 Å². The van der Waals surface area contributed by atoms with Gasteiger partial charge in [0.15, 0.2) is 0 Å². The maximum Gasteiger partial charge on any atom is 0.134 e. The van der Waals surface area contributed by atoms with E-state index in [1.807, 2.05) is 32.0 Å². The van der Waals surface area contributed by atoms with Crippen molar-refractivity contribution in [2.45, 2.75) is 26.5 Å². The Morgan fingerprint density at radius 3 is 2.58 bits per heavy atom. The largest absolute Gasteiger partial charge is 0.489 e. The fourth-order valence-electron chi connectivity index (χ4n) is 2.74. The van der Waals surface area contributed by atoms with Gasteiger partial charge in [-0.15, -0.1) is 0 Å². The summed E-state index contributed by atoms with van der Waals surface area (Å²) in [6, 6.07) is 10.7. The van der Waals surface area contributed by atoms with Crippen molar-refractivity contribution in [3.63, 3.8) is 0 Å². The summed E-state index contributed by atoms with van der Waals surface area (Å²) in [6.45, 7) is 3.99. The molecule has 0 aliphatic heterocycles. The molecule has 0 bridgehead atoms. The lowest BCUT2D eigenvalue weighted by Crippen LogP contribution is -2.13. The van der Waals surface area contributed by atoms with Crippen molar-refractivity contribution < 1.29 is 14.4 Å². The van der Waals surface area contributed by atoms with Crippen LogP contribution in [-0.2, 0) is 6.61 Å². The van der Waals surface area contributed by atoms with E-state index in [-0.39, 0.29) is 12.6 Å². The number of halogens is 2. The zero-order chi connectivity index (χ0) is 17.3. The molecule has 1 aromatic heterocycles. The highest BCUT2D eigenvalue weighted by Gasteiger charge is 2.17. The first-order valence-electron chi connectivity index (χ1n) is 7.49. The van der Waals surface area contributed by atoms with E-state index in [0.717, 1.165) is 27.9 Å².